The van der Waals surface area contributed by atoms with Gasteiger partial charge in [0.25, 0.3) is 0 Å². The fourth-order valence-corrected chi connectivity index (χ4v) is 2.26. The average Bonchev–Trinajstić information content (AvgIpc) is 3.06. The lowest BCUT2D eigenvalue weighted by molar-refractivity contribution is -0.134. The fraction of sp³-hybridized carbons (Fsp3) is 0.158. The normalized spacial score (nSPS) is 10.4. The van der Waals surface area contributed by atoms with Gasteiger partial charge in [0, 0.05) is 24.4 Å². The molecule has 1 aromatic heterocycles. The van der Waals surface area contributed by atoms with E-state index in [0.29, 0.717) is 12.2 Å². The maximum Gasteiger partial charge on any atom is 0.311 e. The molecule has 0 bridgehead atoms. The summed E-state index contributed by atoms with van der Waals surface area (Å²) < 4.78 is 7.04. The van der Waals surface area contributed by atoms with Crippen molar-refractivity contribution < 1.29 is 9.53 Å². The molecule has 0 aliphatic heterocycles. The molecule has 3 rings (SSSR count). The van der Waals surface area contributed by atoms with Gasteiger partial charge in [-0.15, -0.1) is 0 Å². The predicted molar refractivity (Wildman–Crippen MR) is 93.8 cm³/mol. The zero-order chi connectivity index (χ0) is 16.8. The van der Waals surface area contributed by atoms with Crippen molar-refractivity contribution in [2.24, 2.45) is 0 Å². The van der Waals surface area contributed by atoms with E-state index in [-0.39, 0.29) is 5.97 Å². The largest absolute Gasteiger partial charge is 0.427 e. The molecule has 0 aliphatic rings. The molecule has 0 unspecified atom stereocenters. The smallest absolute Gasteiger partial charge is 0.311 e. The summed E-state index contributed by atoms with van der Waals surface area (Å²) in [5.41, 5.74) is 1.88. The van der Waals surface area contributed by atoms with Crippen LogP contribution in [0.4, 0.5) is 11.5 Å². The van der Waals surface area contributed by atoms with Crippen LogP contribution >= 0.6 is 0 Å². The number of hydrogen-bond acceptors (Lipinski definition) is 4. The second kappa shape index (κ2) is 7.46. The van der Waals surface area contributed by atoms with Crippen molar-refractivity contribution in [2.75, 3.05) is 5.32 Å². The fourth-order valence-electron chi connectivity index (χ4n) is 2.26. The summed E-state index contributed by atoms with van der Waals surface area (Å²) in [6.07, 6.45) is 3.11. The van der Waals surface area contributed by atoms with Crippen molar-refractivity contribution in [3.63, 3.8) is 0 Å². The predicted octanol–water partition coefficient (Wildman–Crippen LogP) is 4.32. The Kier molecular flexibility index (Phi) is 4.91. The molecular formula is C19H19N3O2. The number of nitrogens with one attached hydrogen (secondary N) is 1. The number of aromatic nitrogens is 2. The summed E-state index contributed by atoms with van der Waals surface area (Å²) in [6, 6.07) is 19.1. The molecule has 0 amide bonds. The van der Waals surface area contributed by atoms with Crippen molar-refractivity contribution in [2.45, 2.75) is 19.8 Å². The lowest BCUT2D eigenvalue weighted by Crippen LogP contribution is -2.06. The molecule has 24 heavy (non-hydrogen) atoms. The highest BCUT2D eigenvalue weighted by atomic mass is 16.5. The van der Waals surface area contributed by atoms with Crippen LogP contribution in [0, 0.1) is 0 Å². The number of esters is 1. The Morgan fingerprint density at radius 1 is 1.08 bits per heavy atom. The van der Waals surface area contributed by atoms with E-state index in [9.17, 15) is 4.79 Å². The second-order valence-electron chi connectivity index (χ2n) is 5.35. The third-order valence-electron chi connectivity index (χ3n) is 3.42. The van der Waals surface area contributed by atoms with Crippen LogP contribution in [0.2, 0.25) is 0 Å². The highest BCUT2D eigenvalue weighted by Gasteiger charge is 2.04. The van der Waals surface area contributed by atoms with E-state index in [0.717, 1.165) is 23.6 Å². The summed E-state index contributed by atoms with van der Waals surface area (Å²) >= 11 is 0. The maximum atomic E-state index is 11.5. The van der Waals surface area contributed by atoms with E-state index in [4.69, 9.17) is 4.74 Å². The minimum absolute atomic E-state index is 0.209. The summed E-state index contributed by atoms with van der Waals surface area (Å²) in [5.74, 6) is 1.09. The van der Waals surface area contributed by atoms with Gasteiger partial charge in [-0.2, -0.15) is 5.10 Å². The van der Waals surface area contributed by atoms with E-state index in [1.54, 1.807) is 12.1 Å². The van der Waals surface area contributed by atoms with E-state index in [1.807, 2.05) is 66.3 Å². The molecule has 2 aromatic carbocycles. The lowest BCUT2D eigenvalue weighted by atomic mass is 10.3. The molecule has 0 spiro atoms. The number of anilines is 2. The van der Waals surface area contributed by atoms with E-state index < -0.39 is 0 Å². The molecule has 0 atom stereocenters. The minimum atomic E-state index is -0.209. The molecule has 0 aliphatic carbocycles. The zero-order valence-corrected chi connectivity index (χ0v) is 13.5. The number of para-hydroxylation sites is 1. The number of nitrogens with zero attached hydrogens (tertiary/aromatic N) is 2. The standard InChI is InChI=1S/C19H19N3O2/c1-2-6-19(23)24-17-11-9-15(10-12-17)20-18-13-14-22(21-18)16-7-4-3-5-8-16/h3-5,7-14H,2,6H2,1H3,(H,20,21). The van der Waals surface area contributed by atoms with Crippen LogP contribution in [0.3, 0.4) is 0 Å². The van der Waals surface area contributed by atoms with Gasteiger partial charge in [-0.25, -0.2) is 4.68 Å². The highest BCUT2D eigenvalue weighted by Crippen LogP contribution is 2.20. The van der Waals surface area contributed by atoms with Crippen LogP contribution in [-0.2, 0) is 4.79 Å². The number of ether oxygens (including phenoxy) is 1. The van der Waals surface area contributed by atoms with Crippen LogP contribution in [0.5, 0.6) is 5.75 Å². The van der Waals surface area contributed by atoms with Crippen molar-refractivity contribution in [1.29, 1.82) is 0 Å². The Morgan fingerprint density at radius 2 is 1.83 bits per heavy atom. The molecule has 0 radical (unpaired) electrons. The van der Waals surface area contributed by atoms with Crippen LogP contribution in [0.1, 0.15) is 19.8 Å². The van der Waals surface area contributed by atoms with Crippen molar-refractivity contribution >= 4 is 17.5 Å². The molecule has 3 aromatic rings. The van der Waals surface area contributed by atoms with E-state index >= 15 is 0 Å². The van der Waals surface area contributed by atoms with Crippen molar-refractivity contribution in [3.8, 4) is 11.4 Å². The zero-order valence-electron chi connectivity index (χ0n) is 13.5. The Balaban J connectivity index is 1.64. The van der Waals surface area contributed by atoms with Gasteiger partial charge in [0.15, 0.2) is 5.82 Å². The summed E-state index contributed by atoms with van der Waals surface area (Å²) in [6.45, 7) is 1.95. The number of carbonyl (C=O) groups excluding carboxylic acids is 1. The molecule has 5 heteroatoms. The Hall–Kier alpha value is -3.08. The van der Waals surface area contributed by atoms with Crippen molar-refractivity contribution in [3.05, 3.63) is 66.9 Å². The Morgan fingerprint density at radius 3 is 2.54 bits per heavy atom. The van der Waals surface area contributed by atoms with Crippen LogP contribution < -0.4 is 10.1 Å². The molecule has 1 heterocycles. The summed E-state index contributed by atoms with van der Waals surface area (Å²) in [4.78, 5) is 11.5. The average molecular weight is 321 g/mol. The SMILES string of the molecule is CCCC(=O)Oc1ccc(Nc2ccn(-c3ccccc3)n2)cc1. The van der Waals surface area contributed by atoms with Crippen molar-refractivity contribution in [1.82, 2.24) is 9.78 Å². The first-order valence-electron chi connectivity index (χ1n) is 7.93. The van der Waals surface area contributed by atoms with Crippen LogP contribution in [0.15, 0.2) is 66.9 Å². The van der Waals surface area contributed by atoms with Gasteiger partial charge < -0.3 is 10.1 Å². The number of carbonyl (C=O) groups is 1. The van der Waals surface area contributed by atoms with Gasteiger partial charge in [0.1, 0.15) is 5.75 Å². The second-order valence-corrected chi connectivity index (χ2v) is 5.35. The molecule has 0 saturated heterocycles. The number of benzene rings is 2. The van der Waals surface area contributed by atoms with Gasteiger partial charge in [-0.3, -0.25) is 4.79 Å². The minimum Gasteiger partial charge on any atom is -0.427 e. The van der Waals surface area contributed by atoms with Gasteiger partial charge in [0.05, 0.1) is 5.69 Å². The van der Waals surface area contributed by atoms with Gasteiger partial charge in [0.2, 0.25) is 0 Å². The Bertz CT molecular complexity index is 795. The first-order chi connectivity index (χ1) is 11.7. The van der Waals surface area contributed by atoms with E-state index in [2.05, 4.69) is 10.4 Å². The number of hydrogen-bond donors (Lipinski definition) is 1. The van der Waals surface area contributed by atoms with Crippen LogP contribution in [-0.4, -0.2) is 15.7 Å². The molecule has 122 valence electrons. The van der Waals surface area contributed by atoms with Crippen LogP contribution in [0.25, 0.3) is 5.69 Å². The van der Waals surface area contributed by atoms with Gasteiger partial charge in [-0.05, 0) is 42.8 Å². The highest BCUT2D eigenvalue weighted by molar-refractivity contribution is 5.72. The number of rotatable bonds is 6. The first-order valence-corrected chi connectivity index (χ1v) is 7.93. The Labute approximate surface area is 140 Å². The lowest BCUT2D eigenvalue weighted by Gasteiger charge is -2.06. The molecule has 0 fully saturated rings. The van der Waals surface area contributed by atoms with Gasteiger partial charge in [-0.1, -0.05) is 25.1 Å². The molecular weight excluding hydrogens is 302 g/mol. The topological polar surface area (TPSA) is 56.1 Å². The first kappa shape index (κ1) is 15.8. The maximum absolute atomic E-state index is 11.5. The monoisotopic (exact) mass is 321 g/mol. The third-order valence-corrected chi connectivity index (χ3v) is 3.42. The summed E-state index contributed by atoms with van der Waals surface area (Å²) in [5, 5.41) is 7.72. The summed E-state index contributed by atoms with van der Waals surface area (Å²) in [7, 11) is 0. The molecule has 0 saturated carbocycles. The van der Waals surface area contributed by atoms with Gasteiger partial charge >= 0.3 is 5.97 Å². The molecule has 5 nitrogen and oxygen atoms in total. The van der Waals surface area contributed by atoms with E-state index in [1.165, 1.54) is 0 Å². The third kappa shape index (κ3) is 4.01. The quantitative estimate of drug-likeness (QED) is 0.542. The molecule has 1 N–H and O–H groups in total.